The van der Waals surface area contributed by atoms with Crippen molar-refractivity contribution in [2.45, 2.75) is 19.8 Å². The van der Waals surface area contributed by atoms with Crippen molar-refractivity contribution in [2.24, 2.45) is 5.92 Å². The molecule has 1 atom stereocenters. The number of aliphatic hydroxyl groups excluding tert-OH is 1. The van der Waals surface area contributed by atoms with Gasteiger partial charge in [0.15, 0.2) is 5.78 Å². The zero-order chi connectivity index (χ0) is 9.14. The number of aliphatic hydroxyl groups is 1. The molecule has 0 saturated heterocycles. The topological polar surface area (TPSA) is 37.3 Å². The number of Topliss-reactive ketones (excluding diaryl/α,β-unsaturated/α-hetero) is 1. The predicted molar refractivity (Wildman–Crippen MR) is 47.7 cm³/mol. The van der Waals surface area contributed by atoms with Gasteiger partial charge in [0, 0.05) is 6.42 Å². The van der Waals surface area contributed by atoms with Gasteiger partial charge in [0.05, 0.1) is 6.61 Å². The van der Waals surface area contributed by atoms with Crippen molar-refractivity contribution in [1.82, 2.24) is 0 Å². The summed E-state index contributed by atoms with van der Waals surface area (Å²) in [6, 6.07) is 0. The van der Waals surface area contributed by atoms with E-state index in [1.54, 1.807) is 0 Å². The van der Waals surface area contributed by atoms with Gasteiger partial charge in [-0.25, -0.2) is 0 Å². The van der Waals surface area contributed by atoms with Gasteiger partial charge in [-0.05, 0) is 30.4 Å². The summed E-state index contributed by atoms with van der Waals surface area (Å²) in [5, 5.41) is 8.81. The average Bonchev–Trinajstić information content (AvgIpc) is 2.08. The van der Waals surface area contributed by atoms with Crippen molar-refractivity contribution in [3.8, 4) is 0 Å². The lowest BCUT2D eigenvalue weighted by Crippen LogP contribution is -2.17. The van der Waals surface area contributed by atoms with Crippen molar-refractivity contribution in [3.63, 3.8) is 0 Å². The Kier molecular flexibility index (Phi) is 2.82. The van der Waals surface area contributed by atoms with Gasteiger partial charge >= 0.3 is 0 Å². The van der Waals surface area contributed by atoms with Gasteiger partial charge in [0.25, 0.3) is 0 Å². The number of rotatable bonds is 2. The Morgan fingerprint density at radius 2 is 2.50 bits per heavy atom. The summed E-state index contributed by atoms with van der Waals surface area (Å²) in [6.07, 6.45) is 3.29. The van der Waals surface area contributed by atoms with Crippen molar-refractivity contribution >= 4 is 5.78 Å². The summed E-state index contributed by atoms with van der Waals surface area (Å²) in [5.74, 6) is 0.340. The van der Waals surface area contributed by atoms with Crippen LogP contribution in [0.1, 0.15) is 19.8 Å². The van der Waals surface area contributed by atoms with E-state index in [-0.39, 0.29) is 18.3 Å². The fraction of sp³-hybridized carbons (Fsp3) is 0.500. The molecular weight excluding hydrogens is 152 g/mol. The number of ketones is 1. The monoisotopic (exact) mass is 166 g/mol. The molecule has 0 aromatic heterocycles. The minimum absolute atomic E-state index is 0.00909. The molecule has 2 nitrogen and oxygen atoms in total. The first-order valence-corrected chi connectivity index (χ1v) is 4.13. The van der Waals surface area contributed by atoms with E-state index in [0.29, 0.717) is 6.42 Å². The molecule has 12 heavy (non-hydrogen) atoms. The van der Waals surface area contributed by atoms with Crippen LogP contribution in [0.4, 0.5) is 0 Å². The summed E-state index contributed by atoms with van der Waals surface area (Å²) in [5.41, 5.74) is 1.61. The lowest BCUT2D eigenvalue weighted by molar-refractivity contribution is -0.116. The first-order chi connectivity index (χ1) is 5.65. The zero-order valence-corrected chi connectivity index (χ0v) is 7.34. The fourth-order valence-electron chi connectivity index (χ4n) is 1.34. The Morgan fingerprint density at radius 3 is 3.00 bits per heavy atom. The van der Waals surface area contributed by atoms with Crippen LogP contribution in [-0.2, 0) is 4.79 Å². The Balaban J connectivity index is 2.65. The van der Waals surface area contributed by atoms with Gasteiger partial charge in [0.2, 0.25) is 0 Å². The standard InChI is InChI=1S/C10H14O2/c1-7-3-4-9(5-10(7)12)8(2)6-11/h3,9,11H,2,4-6H2,1H3/t9-/m0/s1. The van der Waals surface area contributed by atoms with E-state index in [0.717, 1.165) is 17.6 Å². The smallest absolute Gasteiger partial charge is 0.158 e. The van der Waals surface area contributed by atoms with Crippen LogP contribution in [0.3, 0.4) is 0 Å². The molecule has 0 saturated carbocycles. The van der Waals surface area contributed by atoms with Crippen LogP contribution in [-0.4, -0.2) is 17.5 Å². The van der Waals surface area contributed by atoms with Gasteiger partial charge < -0.3 is 5.11 Å². The summed E-state index contributed by atoms with van der Waals surface area (Å²) in [7, 11) is 0. The molecule has 0 radical (unpaired) electrons. The maximum atomic E-state index is 11.2. The second-order valence-electron chi connectivity index (χ2n) is 3.26. The second-order valence-corrected chi connectivity index (χ2v) is 3.26. The van der Waals surface area contributed by atoms with E-state index < -0.39 is 0 Å². The molecule has 1 aliphatic rings. The third kappa shape index (κ3) is 1.83. The molecular formula is C10H14O2. The van der Waals surface area contributed by atoms with Gasteiger partial charge in [-0.15, -0.1) is 0 Å². The molecule has 1 rings (SSSR count). The lowest BCUT2D eigenvalue weighted by Gasteiger charge is -2.20. The van der Waals surface area contributed by atoms with E-state index in [9.17, 15) is 4.79 Å². The largest absolute Gasteiger partial charge is 0.392 e. The molecule has 0 aromatic rings. The van der Waals surface area contributed by atoms with E-state index >= 15 is 0 Å². The van der Waals surface area contributed by atoms with Crippen LogP contribution in [0.25, 0.3) is 0 Å². The Bertz CT molecular complexity index is 238. The van der Waals surface area contributed by atoms with Crippen LogP contribution >= 0.6 is 0 Å². The van der Waals surface area contributed by atoms with Crippen LogP contribution in [0.2, 0.25) is 0 Å². The molecule has 66 valence electrons. The lowest BCUT2D eigenvalue weighted by atomic mass is 9.85. The summed E-state index contributed by atoms with van der Waals surface area (Å²) in [4.78, 5) is 11.2. The SMILES string of the molecule is C=C(CO)[C@H]1CC=C(C)C(=O)C1. The Morgan fingerprint density at radius 1 is 1.83 bits per heavy atom. The third-order valence-corrected chi connectivity index (χ3v) is 2.36. The Labute approximate surface area is 72.6 Å². The van der Waals surface area contributed by atoms with E-state index in [4.69, 9.17) is 5.11 Å². The second kappa shape index (κ2) is 3.68. The number of allylic oxidation sites excluding steroid dienone is 2. The molecule has 0 unspecified atom stereocenters. The van der Waals surface area contributed by atoms with Gasteiger partial charge in [-0.3, -0.25) is 4.79 Å². The van der Waals surface area contributed by atoms with Crippen molar-refractivity contribution in [2.75, 3.05) is 6.61 Å². The van der Waals surface area contributed by atoms with E-state index in [1.807, 2.05) is 13.0 Å². The molecule has 0 fully saturated rings. The quantitative estimate of drug-likeness (QED) is 0.630. The maximum absolute atomic E-state index is 11.2. The van der Waals surface area contributed by atoms with Crippen molar-refractivity contribution < 1.29 is 9.90 Å². The first kappa shape index (κ1) is 9.20. The van der Waals surface area contributed by atoms with Crippen LogP contribution < -0.4 is 0 Å². The molecule has 0 spiro atoms. The fourth-order valence-corrected chi connectivity index (χ4v) is 1.34. The highest BCUT2D eigenvalue weighted by Crippen LogP contribution is 2.25. The molecule has 1 aliphatic carbocycles. The number of hydrogen-bond acceptors (Lipinski definition) is 2. The number of hydrogen-bond donors (Lipinski definition) is 1. The third-order valence-electron chi connectivity index (χ3n) is 2.36. The highest BCUT2D eigenvalue weighted by molar-refractivity contribution is 5.95. The first-order valence-electron chi connectivity index (χ1n) is 4.13. The van der Waals surface area contributed by atoms with Crippen molar-refractivity contribution in [1.29, 1.82) is 0 Å². The molecule has 0 aromatic carbocycles. The van der Waals surface area contributed by atoms with Gasteiger partial charge in [-0.2, -0.15) is 0 Å². The summed E-state index contributed by atoms with van der Waals surface area (Å²) >= 11 is 0. The van der Waals surface area contributed by atoms with Crippen LogP contribution in [0.5, 0.6) is 0 Å². The van der Waals surface area contributed by atoms with Crippen LogP contribution in [0.15, 0.2) is 23.8 Å². The normalized spacial score (nSPS) is 23.7. The zero-order valence-electron chi connectivity index (χ0n) is 7.34. The maximum Gasteiger partial charge on any atom is 0.158 e. The molecule has 0 bridgehead atoms. The molecule has 2 heteroatoms. The van der Waals surface area contributed by atoms with E-state index in [1.165, 1.54) is 0 Å². The highest BCUT2D eigenvalue weighted by atomic mass is 16.3. The minimum Gasteiger partial charge on any atom is -0.392 e. The molecule has 0 heterocycles. The van der Waals surface area contributed by atoms with Gasteiger partial charge in [0.1, 0.15) is 0 Å². The van der Waals surface area contributed by atoms with Gasteiger partial charge in [-0.1, -0.05) is 12.7 Å². The van der Waals surface area contributed by atoms with Crippen molar-refractivity contribution in [3.05, 3.63) is 23.8 Å². The molecule has 0 aliphatic heterocycles. The molecule has 1 N–H and O–H groups in total. The average molecular weight is 166 g/mol. The predicted octanol–water partition coefficient (Wildman–Crippen LogP) is 1.46. The Hall–Kier alpha value is -0.890. The summed E-state index contributed by atoms with van der Waals surface area (Å²) < 4.78 is 0. The molecule has 0 amide bonds. The minimum atomic E-state index is -0.00909. The number of carbonyl (C=O) groups excluding carboxylic acids is 1. The highest BCUT2D eigenvalue weighted by Gasteiger charge is 2.20. The summed E-state index contributed by atoms with van der Waals surface area (Å²) in [6.45, 7) is 5.55. The number of carbonyl (C=O) groups is 1. The van der Waals surface area contributed by atoms with E-state index in [2.05, 4.69) is 6.58 Å². The van der Waals surface area contributed by atoms with Crippen LogP contribution in [0, 0.1) is 5.92 Å².